The summed E-state index contributed by atoms with van der Waals surface area (Å²) in [6.45, 7) is 7.03. The summed E-state index contributed by atoms with van der Waals surface area (Å²) in [6, 6.07) is 16.0. The summed E-state index contributed by atoms with van der Waals surface area (Å²) in [5.41, 5.74) is 1.57. The van der Waals surface area contributed by atoms with E-state index in [4.69, 9.17) is 0 Å². The lowest BCUT2D eigenvalue weighted by atomic mass is 10.0. The van der Waals surface area contributed by atoms with Gasteiger partial charge in [-0.05, 0) is 76.1 Å². The van der Waals surface area contributed by atoms with Crippen molar-refractivity contribution in [2.45, 2.75) is 39.3 Å². The highest BCUT2D eigenvalue weighted by Gasteiger charge is 2.18. The van der Waals surface area contributed by atoms with E-state index in [-0.39, 0.29) is 17.0 Å². The van der Waals surface area contributed by atoms with Crippen LogP contribution in [-0.4, -0.2) is 31.6 Å². The Morgan fingerprint density at radius 1 is 1.09 bits per heavy atom. The SMILES string of the molecule is CC(C)NC(=O)c1cn(-c2cccc(C#Cc3cccc(C(C)(C)O)n3)c2)c2ncccc2c1=O. The zero-order valence-electron chi connectivity index (χ0n) is 20.0. The molecular formula is C28H26N4O3. The number of fused-ring (bicyclic) bond motifs is 1. The van der Waals surface area contributed by atoms with Crippen molar-refractivity contribution in [2.24, 2.45) is 0 Å². The third-order valence-corrected chi connectivity index (χ3v) is 5.26. The average Bonchev–Trinajstić information content (AvgIpc) is 2.82. The standard InChI is InChI=1S/C28H26N4O3/c1-18(2)30-27(34)23-17-32(26-22(25(23)33)11-7-15-29-26)21-10-5-8-19(16-21)13-14-20-9-6-12-24(31-20)28(3,4)35/h5-12,15-18,35H,1-4H3,(H,30,34). The first-order valence-corrected chi connectivity index (χ1v) is 11.3. The summed E-state index contributed by atoms with van der Waals surface area (Å²) < 4.78 is 1.73. The quantitative estimate of drug-likeness (QED) is 0.449. The van der Waals surface area contributed by atoms with E-state index in [1.54, 1.807) is 48.9 Å². The Labute approximate surface area is 203 Å². The molecule has 0 aliphatic heterocycles. The third-order valence-electron chi connectivity index (χ3n) is 5.26. The van der Waals surface area contributed by atoms with Crippen LogP contribution in [0.25, 0.3) is 16.7 Å². The lowest BCUT2D eigenvalue weighted by Gasteiger charge is -2.16. The van der Waals surface area contributed by atoms with Gasteiger partial charge in [-0.15, -0.1) is 0 Å². The van der Waals surface area contributed by atoms with Gasteiger partial charge in [0, 0.05) is 29.7 Å². The van der Waals surface area contributed by atoms with Crippen LogP contribution in [0.4, 0.5) is 0 Å². The monoisotopic (exact) mass is 466 g/mol. The summed E-state index contributed by atoms with van der Waals surface area (Å²) >= 11 is 0. The van der Waals surface area contributed by atoms with Crippen LogP contribution in [0.5, 0.6) is 0 Å². The smallest absolute Gasteiger partial charge is 0.256 e. The molecule has 0 unspecified atom stereocenters. The minimum Gasteiger partial charge on any atom is -0.384 e. The van der Waals surface area contributed by atoms with Crippen molar-refractivity contribution in [3.63, 3.8) is 0 Å². The number of nitrogens with one attached hydrogen (secondary N) is 1. The molecule has 0 fully saturated rings. The number of carbonyl (C=O) groups excluding carboxylic acids is 1. The van der Waals surface area contributed by atoms with Gasteiger partial charge >= 0.3 is 0 Å². The van der Waals surface area contributed by atoms with Crippen molar-refractivity contribution in [3.05, 3.63) is 99.7 Å². The van der Waals surface area contributed by atoms with Gasteiger partial charge in [0.25, 0.3) is 5.91 Å². The number of amides is 1. The summed E-state index contributed by atoms with van der Waals surface area (Å²) in [7, 11) is 0. The van der Waals surface area contributed by atoms with Crippen LogP contribution in [0.2, 0.25) is 0 Å². The number of carbonyl (C=O) groups is 1. The fourth-order valence-corrected chi connectivity index (χ4v) is 3.57. The maximum atomic E-state index is 13.0. The van der Waals surface area contributed by atoms with Crippen molar-refractivity contribution in [1.82, 2.24) is 19.9 Å². The fraction of sp³-hybridized carbons (Fsp3) is 0.214. The highest BCUT2D eigenvalue weighted by atomic mass is 16.3. The Bertz CT molecular complexity index is 1540. The Hall–Kier alpha value is -4.28. The summed E-state index contributed by atoms with van der Waals surface area (Å²) in [4.78, 5) is 34.6. The number of aliphatic hydroxyl groups is 1. The number of nitrogens with zero attached hydrogens (tertiary/aromatic N) is 3. The van der Waals surface area contributed by atoms with E-state index >= 15 is 0 Å². The molecule has 4 rings (SSSR count). The van der Waals surface area contributed by atoms with Gasteiger partial charge in [0.05, 0.1) is 11.1 Å². The van der Waals surface area contributed by atoms with Crippen LogP contribution >= 0.6 is 0 Å². The number of hydrogen-bond acceptors (Lipinski definition) is 5. The predicted octanol–water partition coefficient (Wildman–Crippen LogP) is 3.55. The number of aromatic nitrogens is 3. The van der Waals surface area contributed by atoms with Crippen molar-refractivity contribution < 1.29 is 9.90 Å². The molecular weight excluding hydrogens is 440 g/mol. The molecule has 7 nitrogen and oxygen atoms in total. The van der Waals surface area contributed by atoms with E-state index in [0.29, 0.717) is 33.7 Å². The van der Waals surface area contributed by atoms with E-state index in [1.165, 1.54) is 6.20 Å². The molecule has 7 heteroatoms. The average molecular weight is 467 g/mol. The molecule has 3 aromatic heterocycles. The first-order valence-electron chi connectivity index (χ1n) is 11.3. The Kier molecular flexibility index (Phi) is 6.50. The Morgan fingerprint density at radius 2 is 1.86 bits per heavy atom. The van der Waals surface area contributed by atoms with Gasteiger partial charge in [-0.3, -0.25) is 9.59 Å². The minimum atomic E-state index is -1.06. The highest BCUT2D eigenvalue weighted by molar-refractivity contribution is 5.97. The molecule has 2 N–H and O–H groups in total. The second kappa shape index (κ2) is 9.53. The van der Waals surface area contributed by atoms with Gasteiger partial charge in [-0.25, -0.2) is 9.97 Å². The van der Waals surface area contributed by atoms with Crippen LogP contribution < -0.4 is 10.7 Å². The number of pyridine rings is 3. The maximum absolute atomic E-state index is 13.0. The minimum absolute atomic E-state index is 0.0447. The number of hydrogen-bond donors (Lipinski definition) is 2. The van der Waals surface area contributed by atoms with Crippen LogP contribution in [0.1, 0.15) is 55.0 Å². The second-order valence-corrected chi connectivity index (χ2v) is 9.01. The Morgan fingerprint density at radius 3 is 2.60 bits per heavy atom. The van der Waals surface area contributed by atoms with Gasteiger partial charge in [0.1, 0.15) is 22.5 Å². The molecule has 0 saturated carbocycles. The molecule has 0 atom stereocenters. The van der Waals surface area contributed by atoms with Crippen molar-refractivity contribution in [2.75, 3.05) is 0 Å². The topological polar surface area (TPSA) is 97.1 Å². The van der Waals surface area contributed by atoms with Crippen LogP contribution in [0, 0.1) is 11.8 Å². The molecule has 4 aromatic rings. The third kappa shape index (κ3) is 5.29. The molecule has 0 bridgehead atoms. The lowest BCUT2D eigenvalue weighted by molar-refractivity contribution is 0.0738. The second-order valence-electron chi connectivity index (χ2n) is 9.01. The molecule has 35 heavy (non-hydrogen) atoms. The van der Waals surface area contributed by atoms with E-state index < -0.39 is 11.5 Å². The van der Waals surface area contributed by atoms with Crippen molar-refractivity contribution in [3.8, 4) is 17.5 Å². The summed E-state index contributed by atoms with van der Waals surface area (Å²) in [5.74, 6) is 5.71. The maximum Gasteiger partial charge on any atom is 0.256 e. The van der Waals surface area contributed by atoms with E-state index in [0.717, 1.165) is 0 Å². The van der Waals surface area contributed by atoms with Gasteiger partial charge < -0.3 is 15.0 Å². The first kappa shape index (κ1) is 23.9. The van der Waals surface area contributed by atoms with Crippen molar-refractivity contribution >= 4 is 16.9 Å². The number of rotatable bonds is 4. The molecule has 1 aromatic carbocycles. The highest BCUT2D eigenvalue weighted by Crippen LogP contribution is 2.18. The molecule has 0 aliphatic carbocycles. The molecule has 0 radical (unpaired) electrons. The zero-order chi connectivity index (χ0) is 25.2. The molecule has 176 valence electrons. The normalized spacial score (nSPS) is 11.3. The summed E-state index contributed by atoms with van der Waals surface area (Å²) in [5, 5.41) is 13.3. The predicted molar refractivity (Wildman–Crippen MR) is 135 cm³/mol. The molecule has 1 amide bonds. The van der Waals surface area contributed by atoms with Gasteiger partial charge in [-0.1, -0.05) is 18.1 Å². The molecule has 0 aliphatic rings. The van der Waals surface area contributed by atoms with E-state index in [9.17, 15) is 14.7 Å². The van der Waals surface area contributed by atoms with Crippen LogP contribution in [0.15, 0.2) is 71.8 Å². The Balaban J connectivity index is 1.79. The first-order chi connectivity index (χ1) is 16.6. The van der Waals surface area contributed by atoms with Crippen LogP contribution in [0.3, 0.4) is 0 Å². The molecule has 3 heterocycles. The lowest BCUT2D eigenvalue weighted by Crippen LogP contribution is -2.34. The number of benzene rings is 1. The van der Waals surface area contributed by atoms with Gasteiger partial charge in [-0.2, -0.15) is 0 Å². The van der Waals surface area contributed by atoms with E-state index in [1.807, 2.05) is 44.2 Å². The fourth-order valence-electron chi connectivity index (χ4n) is 3.57. The molecule has 0 saturated heterocycles. The largest absolute Gasteiger partial charge is 0.384 e. The summed E-state index contributed by atoms with van der Waals surface area (Å²) in [6.07, 6.45) is 3.13. The van der Waals surface area contributed by atoms with Crippen LogP contribution in [-0.2, 0) is 5.60 Å². The van der Waals surface area contributed by atoms with Gasteiger partial charge in [0.2, 0.25) is 5.43 Å². The molecule has 0 spiro atoms. The van der Waals surface area contributed by atoms with Gasteiger partial charge in [0.15, 0.2) is 0 Å². The van der Waals surface area contributed by atoms with Crippen molar-refractivity contribution in [1.29, 1.82) is 0 Å². The zero-order valence-corrected chi connectivity index (χ0v) is 20.0. The van der Waals surface area contributed by atoms with E-state index in [2.05, 4.69) is 27.1 Å².